The average molecular weight is 458 g/mol. The van der Waals surface area contributed by atoms with Crippen LogP contribution in [0.1, 0.15) is 47.9 Å². The van der Waals surface area contributed by atoms with E-state index in [1.807, 2.05) is 58.0 Å². The molecular formula is C22H27BN2O6S. The molecule has 3 rings (SSSR count). The molecule has 10 heteroatoms. The molecule has 0 atom stereocenters. The molecule has 1 aliphatic heterocycles. The predicted molar refractivity (Wildman–Crippen MR) is 122 cm³/mol. The Labute approximate surface area is 192 Å². The van der Waals surface area contributed by atoms with E-state index in [4.69, 9.17) is 18.8 Å². The lowest BCUT2D eigenvalue weighted by atomic mass is 9.77. The number of hydrogen-bond donors (Lipinski definition) is 1. The van der Waals surface area contributed by atoms with Gasteiger partial charge >= 0.3 is 19.2 Å². The van der Waals surface area contributed by atoms with Crippen LogP contribution in [0.3, 0.4) is 0 Å². The van der Waals surface area contributed by atoms with Crippen LogP contribution in [0.15, 0.2) is 42.0 Å². The standard InChI is InChI=1S/C22H27BN2O6S/c1-21(2)22(3,4)31-23(30-21)16(11-18-24-13-17(32-18)19(26)28-5)12-25-20(27)29-14-15-9-7-6-8-10-15/h6-11,13H,12,14H2,1-5H3,(H,25,27). The highest BCUT2D eigenvalue weighted by Gasteiger charge is 2.52. The molecule has 2 heterocycles. The number of amides is 1. The van der Waals surface area contributed by atoms with E-state index in [1.54, 1.807) is 6.08 Å². The topological polar surface area (TPSA) is 96.0 Å². The highest BCUT2D eigenvalue weighted by molar-refractivity contribution is 7.14. The number of rotatable bonds is 7. The minimum Gasteiger partial charge on any atom is -0.465 e. The summed E-state index contributed by atoms with van der Waals surface area (Å²) in [5, 5.41) is 3.31. The van der Waals surface area contributed by atoms with Crippen LogP contribution in [-0.2, 0) is 25.4 Å². The number of nitrogens with one attached hydrogen (secondary N) is 1. The Morgan fingerprint density at radius 3 is 2.44 bits per heavy atom. The van der Waals surface area contributed by atoms with Gasteiger partial charge in [0.2, 0.25) is 0 Å². The van der Waals surface area contributed by atoms with Crippen LogP contribution in [-0.4, -0.2) is 49.0 Å². The van der Waals surface area contributed by atoms with Crippen molar-refractivity contribution in [2.24, 2.45) is 0 Å². The minimum atomic E-state index is -0.695. The van der Waals surface area contributed by atoms with E-state index in [0.29, 0.717) is 15.4 Å². The fourth-order valence-electron chi connectivity index (χ4n) is 2.85. The Morgan fingerprint density at radius 2 is 1.81 bits per heavy atom. The molecule has 2 aromatic rings. The first kappa shape index (κ1) is 24.0. The van der Waals surface area contributed by atoms with Crippen LogP contribution in [0.4, 0.5) is 4.79 Å². The van der Waals surface area contributed by atoms with Crippen LogP contribution in [0.2, 0.25) is 0 Å². The number of esters is 1. The number of hydrogen-bond acceptors (Lipinski definition) is 8. The molecule has 1 N–H and O–H groups in total. The maximum absolute atomic E-state index is 12.3. The van der Waals surface area contributed by atoms with Gasteiger partial charge in [-0.05, 0) is 44.8 Å². The van der Waals surface area contributed by atoms with E-state index in [1.165, 1.54) is 24.6 Å². The molecule has 0 aliphatic carbocycles. The van der Waals surface area contributed by atoms with Gasteiger partial charge in [0, 0.05) is 6.54 Å². The van der Waals surface area contributed by atoms with Gasteiger partial charge in [0.1, 0.15) is 16.5 Å². The van der Waals surface area contributed by atoms with Crippen molar-refractivity contribution >= 4 is 36.6 Å². The summed E-state index contributed by atoms with van der Waals surface area (Å²) in [6, 6.07) is 9.42. The number of nitrogens with zero attached hydrogens (tertiary/aromatic N) is 1. The summed E-state index contributed by atoms with van der Waals surface area (Å²) in [5.74, 6) is -0.457. The Balaban J connectivity index is 1.73. The lowest BCUT2D eigenvalue weighted by molar-refractivity contribution is 0.00578. The zero-order chi connectivity index (χ0) is 23.4. The second-order valence-electron chi connectivity index (χ2n) is 8.28. The molecule has 1 aromatic carbocycles. The van der Waals surface area contributed by atoms with E-state index in [-0.39, 0.29) is 13.2 Å². The molecule has 1 saturated heterocycles. The van der Waals surface area contributed by atoms with Crippen LogP contribution >= 0.6 is 11.3 Å². The number of thiazole rings is 1. The van der Waals surface area contributed by atoms with Crippen molar-refractivity contribution in [3.05, 3.63) is 57.4 Å². The quantitative estimate of drug-likeness (QED) is 0.497. The van der Waals surface area contributed by atoms with Crippen molar-refractivity contribution in [1.82, 2.24) is 10.3 Å². The fourth-order valence-corrected chi connectivity index (χ4v) is 3.67. The molecule has 1 aliphatic rings. The lowest BCUT2D eigenvalue weighted by Gasteiger charge is -2.32. The third kappa shape index (κ3) is 5.76. The van der Waals surface area contributed by atoms with Gasteiger partial charge in [-0.2, -0.15) is 0 Å². The smallest absolute Gasteiger partial charge is 0.465 e. The Morgan fingerprint density at radius 1 is 1.16 bits per heavy atom. The van der Waals surface area contributed by atoms with Gasteiger partial charge in [-0.15, -0.1) is 11.3 Å². The average Bonchev–Trinajstić information content (AvgIpc) is 3.31. The van der Waals surface area contributed by atoms with E-state index in [0.717, 1.165) is 5.56 Å². The van der Waals surface area contributed by atoms with E-state index < -0.39 is 30.4 Å². The van der Waals surface area contributed by atoms with Crippen LogP contribution in [0.25, 0.3) is 6.08 Å². The summed E-state index contributed by atoms with van der Waals surface area (Å²) >= 11 is 1.18. The number of alkyl carbamates (subject to hydrolysis) is 1. The Kier molecular flexibility index (Phi) is 7.38. The Hall–Kier alpha value is -2.69. The van der Waals surface area contributed by atoms with Crippen molar-refractivity contribution in [3.8, 4) is 0 Å². The molecule has 1 aromatic heterocycles. The lowest BCUT2D eigenvalue weighted by Crippen LogP contribution is -2.41. The number of methoxy groups -OCH3 is 1. The number of benzene rings is 1. The highest BCUT2D eigenvalue weighted by Crippen LogP contribution is 2.38. The Bertz CT molecular complexity index is 973. The van der Waals surface area contributed by atoms with Crippen LogP contribution < -0.4 is 5.32 Å². The largest absolute Gasteiger partial charge is 0.492 e. The third-order valence-electron chi connectivity index (χ3n) is 5.42. The predicted octanol–water partition coefficient (Wildman–Crippen LogP) is 3.87. The molecule has 32 heavy (non-hydrogen) atoms. The summed E-state index contributed by atoms with van der Waals surface area (Å²) in [5.41, 5.74) is 0.434. The highest BCUT2D eigenvalue weighted by atomic mass is 32.1. The second-order valence-corrected chi connectivity index (χ2v) is 9.34. The molecule has 8 nitrogen and oxygen atoms in total. The van der Waals surface area contributed by atoms with Gasteiger partial charge in [0.05, 0.1) is 24.5 Å². The maximum Gasteiger partial charge on any atom is 0.492 e. The molecule has 0 saturated carbocycles. The van der Waals surface area contributed by atoms with Gasteiger partial charge in [0.25, 0.3) is 0 Å². The molecule has 0 unspecified atom stereocenters. The van der Waals surface area contributed by atoms with E-state index >= 15 is 0 Å². The molecule has 1 fully saturated rings. The van der Waals surface area contributed by atoms with E-state index in [9.17, 15) is 9.59 Å². The zero-order valence-corrected chi connectivity index (χ0v) is 19.7. The van der Waals surface area contributed by atoms with Crippen molar-refractivity contribution in [1.29, 1.82) is 0 Å². The normalized spacial score (nSPS) is 17.2. The first-order valence-corrected chi connectivity index (χ1v) is 11.0. The maximum atomic E-state index is 12.3. The summed E-state index contributed by atoms with van der Waals surface area (Å²) in [7, 11) is 0.623. The summed E-state index contributed by atoms with van der Waals surface area (Å²) < 4.78 is 22.3. The van der Waals surface area contributed by atoms with Crippen LogP contribution in [0.5, 0.6) is 0 Å². The number of aromatic nitrogens is 1. The summed E-state index contributed by atoms with van der Waals surface area (Å²) in [6.45, 7) is 8.08. The number of ether oxygens (including phenoxy) is 2. The van der Waals surface area contributed by atoms with Gasteiger partial charge < -0.3 is 24.1 Å². The summed E-state index contributed by atoms with van der Waals surface area (Å²) in [6.07, 6.45) is 2.63. The van der Waals surface area contributed by atoms with Crippen LogP contribution in [0, 0.1) is 0 Å². The van der Waals surface area contributed by atoms with Gasteiger partial charge in [-0.25, -0.2) is 14.6 Å². The van der Waals surface area contributed by atoms with Crippen molar-refractivity contribution in [3.63, 3.8) is 0 Å². The summed E-state index contributed by atoms with van der Waals surface area (Å²) in [4.78, 5) is 28.6. The minimum absolute atomic E-state index is 0.123. The van der Waals surface area contributed by atoms with Gasteiger partial charge in [0.15, 0.2) is 0 Å². The van der Waals surface area contributed by atoms with Crippen molar-refractivity contribution in [2.45, 2.75) is 45.5 Å². The molecule has 0 radical (unpaired) electrons. The van der Waals surface area contributed by atoms with Crippen molar-refractivity contribution < 1.29 is 28.4 Å². The SMILES string of the molecule is COC(=O)c1cnc(C=C(CNC(=O)OCc2ccccc2)B2OC(C)(C)C(C)(C)O2)s1. The molecule has 170 valence electrons. The molecule has 0 bridgehead atoms. The number of carbonyl (C=O) groups excluding carboxylic acids is 2. The van der Waals surface area contributed by atoms with Gasteiger partial charge in [-0.3, -0.25) is 0 Å². The first-order chi connectivity index (χ1) is 15.1. The molecule has 1 amide bonds. The fraction of sp³-hybridized carbons (Fsp3) is 0.409. The monoisotopic (exact) mass is 458 g/mol. The first-order valence-electron chi connectivity index (χ1n) is 10.2. The molecular weight excluding hydrogens is 431 g/mol. The second kappa shape index (κ2) is 9.85. The van der Waals surface area contributed by atoms with Crippen molar-refractivity contribution in [2.75, 3.05) is 13.7 Å². The van der Waals surface area contributed by atoms with Gasteiger partial charge in [-0.1, -0.05) is 30.3 Å². The van der Waals surface area contributed by atoms with E-state index in [2.05, 4.69) is 10.3 Å². The number of carbonyl (C=O) groups is 2. The third-order valence-corrected chi connectivity index (χ3v) is 6.35. The molecule has 0 spiro atoms. The zero-order valence-electron chi connectivity index (χ0n) is 18.8.